The molecule has 2 N–H and O–H groups in total. The Morgan fingerprint density at radius 2 is 2.18 bits per heavy atom. The topological polar surface area (TPSA) is 71.9 Å². The number of hydrogen-bond acceptors (Lipinski definition) is 3. The van der Waals surface area contributed by atoms with Crippen LogP contribution < -0.4 is 10.1 Å². The SMILES string of the molecule is CCn1c(-c2cc(NC(C)=O)n[nH]2)cc2ccc(OC)cc21. The third-order valence-corrected chi connectivity index (χ3v) is 3.59. The van der Waals surface area contributed by atoms with Gasteiger partial charge < -0.3 is 14.6 Å². The quantitative estimate of drug-likeness (QED) is 0.777. The summed E-state index contributed by atoms with van der Waals surface area (Å²) in [5.74, 6) is 1.21. The molecule has 0 radical (unpaired) electrons. The number of rotatable bonds is 4. The number of ether oxygens (including phenoxy) is 1. The Morgan fingerprint density at radius 3 is 2.86 bits per heavy atom. The van der Waals surface area contributed by atoms with E-state index in [4.69, 9.17) is 4.74 Å². The molecule has 0 bridgehead atoms. The zero-order valence-electron chi connectivity index (χ0n) is 12.8. The van der Waals surface area contributed by atoms with Crippen LogP contribution in [-0.4, -0.2) is 27.8 Å². The second kappa shape index (κ2) is 5.55. The number of benzene rings is 1. The number of H-pyrrole nitrogens is 1. The van der Waals surface area contributed by atoms with E-state index in [9.17, 15) is 4.79 Å². The molecule has 114 valence electrons. The Morgan fingerprint density at radius 1 is 1.36 bits per heavy atom. The fourth-order valence-electron chi connectivity index (χ4n) is 2.62. The van der Waals surface area contributed by atoms with Crippen molar-refractivity contribution in [3.05, 3.63) is 30.3 Å². The molecule has 3 aromatic rings. The molecule has 1 aromatic carbocycles. The van der Waals surface area contributed by atoms with E-state index in [1.165, 1.54) is 6.92 Å². The number of hydrogen-bond donors (Lipinski definition) is 2. The third-order valence-electron chi connectivity index (χ3n) is 3.59. The smallest absolute Gasteiger partial charge is 0.222 e. The summed E-state index contributed by atoms with van der Waals surface area (Å²) in [6.45, 7) is 4.37. The van der Waals surface area contributed by atoms with Crippen molar-refractivity contribution in [2.45, 2.75) is 20.4 Å². The van der Waals surface area contributed by atoms with Crippen molar-refractivity contribution >= 4 is 22.6 Å². The van der Waals surface area contributed by atoms with Crippen molar-refractivity contribution in [2.24, 2.45) is 0 Å². The number of methoxy groups -OCH3 is 1. The maximum absolute atomic E-state index is 11.1. The maximum Gasteiger partial charge on any atom is 0.222 e. The van der Waals surface area contributed by atoms with Crippen molar-refractivity contribution in [1.82, 2.24) is 14.8 Å². The van der Waals surface area contributed by atoms with Crippen molar-refractivity contribution in [3.63, 3.8) is 0 Å². The van der Waals surface area contributed by atoms with Crippen LogP contribution in [0.4, 0.5) is 5.82 Å². The zero-order valence-corrected chi connectivity index (χ0v) is 12.8. The first-order valence-electron chi connectivity index (χ1n) is 7.13. The molecule has 0 aliphatic rings. The molecule has 0 fully saturated rings. The fourth-order valence-corrected chi connectivity index (χ4v) is 2.62. The first kappa shape index (κ1) is 14.2. The van der Waals surface area contributed by atoms with Gasteiger partial charge >= 0.3 is 0 Å². The van der Waals surface area contributed by atoms with Crippen LogP contribution in [-0.2, 0) is 11.3 Å². The van der Waals surface area contributed by atoms with E-state index in [1.807, 2.05) is 24.3 Å². The largest absolute Gasteiger partial charge is 0.497 e. The first-order valence-corrected chi connectivity index (χ1v) is 7.13. The second-order valence-corrected chi connectivity index (χ2v) is 5.05. The molecule has 22 heavy (non-hydrogen) atoms. The summed E-state index contributed by atoms with van der Waals surface area (Å²) >= 11 is 0. The van der Waals surface area contributed by atoms with Crippen LogP contribution >= 0.6 is 0 Å². The maximum atomic E-state index is 11.1. The van der Waals surface area contributed by atoms with Gasteiger partial charge in [0.25, 0.3) is 0 Å². The van der Waals surface area contributed by atoms with Crippen molar-refractivity contribution in [2.75, 3.05) is 12.4 Å². The molecule has 0 aliphatic heterocycles. The molecule has 0 aliphatic carbocycles. The number of aromatic amines is 1. The van der Waals surface area contributed by atoms with Crippen LogP contribution in [0, 0.1) is 0 Å². The van der Waals surface area contributed by atoms with Gasteiger partial charge in [-0.3, -0.25) is 9.89 Å². The highest BCUT2D eigenvalue weighted by Crippen LogP contribution is 2.30. The van der Waals surface area contributed by atoms with Crippen LogP contribution in [0.15, 0.2) is 30.3 Å². The van der Waals surface area contributed by atoms with Gasteiger partial charge in [0.1, 0.15) is 5.75 Å². The van der Waals surface area contributed by atoms with Gasteiger partial charge in [0.15, 0.2) is 5.82 Å². The molecule has 2 heterocycles. The minimum atomic E-state index is -0.140. The number of carbonyl (C=O) groups excluding carboxylic acids is 1. The lowest BCUT2D eigenvalue weighted by atomic mass is 10.2. The average molecular weight is 298 g/mol. The number of aromatic nitrogens is 3. The molecule has 3 rings (SSSR count). The van der Waals surface area contributed by atoms with E-state index in [0.717, 1.165) is 34.6 Å². The number of nitrogens with one attached hydrogen (secondary N) is 2. The molecular formula is C16H18N4O2. The molecule has 1 amide bonds. The summed E-state index contributed by atoms with van der Waals surface area (Å²) in [6, 6.07) is 9.94. The van der Waals surface area contributed by atoms with Gasteiger partial charge in [0.2, 0.25) is 5.91 Å². The lowest BCUT2D eigenvalue weighted by molar-refractivity contribution is -0.114. The fraction of sp³-hybridized carbons (Fsp3) is 0.250. The van der Waals surface area contributed by atoms with E-state index >= 15 is 0 Å². The van der Waals surface area contributed by atoms with Gasteiger partial charge in [0.05, 0.1) is 24.0 Å². The Hall–Kier alpha value is -2.76. The van der Waals surface area contributed by atoms with Gasteiger partial charge in [-0.1, -0.05) is 0 Å². The van der Waals surface area contributed by atoms with E-state index < -0.39 is 0 Å². The van der Waals surface area contributed by atoms with Gasteiger partial charge in [-0.05, 0) is 25.1 Å². The van der Waals surface area contributed by atoms with E-state index in [-0.39, 0.29) is 5.91 Å². The van der Waals surface area contributed by atoms with Crippen LogP contribution in [0.3, 0.4) is 0 Å². The molecule has 0 unspecified atom stereocenters. The van der Waals surface area contributed by atoms with Crippen molar-refractivity contribution in [3.8, 4) is 17.1 Å². The summed E-state index contributed by atoms with van der Waals surface area (Å²) in [6.07, 6.45) is 0. The highest BCUT2D eigenvalue weighted by molar-refractivity contribution is 5.90. The Balaban J connectivity index is 2.09. The van der Waals surface area contributed by atoms with E-state index in [2.05, 4.69) is 33.1 Å². The standard InChI is InChI=1S/C16H18N4O2/c1-4-20-14-8-12(22-3)6-5-11(14)7-15(20)13-9-16(19-18-13)17-10(2)21/h5-9H,4H2,1-3H3,(H2,17,18,19,21). The summed E-state index contributed by atoms with van der Waals surface area (Å²) in [4.78, 5) is 11.1. The van der Waals surface area contributed by atoms with Crippen molar-refractivity contribution < 1.29 is 9.53 Å². The van der Waals surface area contributed by atoms with Crippen LogP contribution in [0.25, 0.3) is 22.3 Å². The van der Waals surface area contributed by atoms with Crippen molar-refractivity contribution in [1.29, 1.82) is 0 Å². The summed E-state index contributed by atoms with van der Waals surface area (Å²) < 4.78 is 7.49. The lowest BCUT2D eigenvalue weighted by Crippen LogP contribution is -2.05. The molecule has 6 nitrogen and oxygen atoms in total. The predicted octanol–water partition coefficient (Wildman–Crippen LogP) is 3.02. The third kappa shape index (κ3) is 2.43. The zero-order chi connectivity index (χ0) is 15.7. The molecule has 0 atom stereocenters. The Labute approximate surface area is 128 Å². The summed E-state index contributed by atoms with van der Waals surface area (Å²) in [5, 5.41) is 10.9. The predicted molar refractivity (Wildman–Crippen MR) is 86.0 cm³/mol. The second-order valence-electron chi connectivity index (χ2n) is 5.05. The number of nitrogens with zero attached hydrogens (tertiary/aromatic N) is 2. The van der Waals surface area contributed by atoms with Crippen LogP contribution in [0.5, 0.6) is 5.75 Å². The molecule has 0 saturated heterocycles. The Kier molecular flexibility index (Phi) is 3.58. The average Bonchev–Trinajstić information content (AvgIpc) is 3.09. The highest BCUT2D eigenvalue weighted by atomic mass is 16.5. The van der Waals surface area contributed by atoms with Gasteiger partial charge in [0, 0.05) is 31.0 Å². The normalized spacial score (nSPS) is 10.9. The van der Waals surface area contributed by atoms with Gasteiger partial charge in [-0.25, -0.2) is 0 Å². The Bertz CT molecular complexity index is 832. The molecular weight excluding hydrogens is 280 g/mol. The minimum Gasteiger partial charge on any atom is -0.497 e. The lowest BCUT2D eigenvalue weighted by Gasteiger charge is -2.07. The number of carbonyl (C=O) groups is 1. The van der Waals surface area contributed by atoms with Crippen LogP contribution in [0.2, 0.25) is 0 Å². The molecule has 2 aromatic heterocycles. The van der Waals surface area contributed by atoms with Crippen LogP contribution in [0.1, 0.15) is 13.8 Å². The van der Waals surface area contributed by atoms with E-state index in [1.54, 1.807) is 7.11 Å². The number of aryl methyl sites for hydroxylation is 1. The molecule has 6 heteroatoms. The van der Waals surface area contributed by atoms with Gasteiger partial charge in [-0.15, -0.1) is 0 Å². The first-order chi connectivity index (χ1) is 10.6. The monoisotopic (exact) mass is 298 g/mol. The highest BCUT2D eigenvalue weighted by Gasteiger charge is 2.13. The molecule has 0 saturated carbocycles. The summed E-state index contributed by atoms with van der Waals surface area (Å²) in [5.41, 5.74) is 2.99. The minimum absolute atomic E-state index is 0.140. The van der Waals surface area contributed by atoms with E-state index in [0.29, 0.717) is 5.82 Å². The molecule has 0 spiro atoms. The number of amides is 1. The number of fused-ring (bicyclic) bond motifs is 1. The number of anilines is 1. The summed E-state index contributed by atoms with van der Waals surface area (Å²) in [7, 11) is 1.66. The van der Waals surface area contributed by atoms with Gasteiger partial charge in [-0.2, -0.15) is 5.10 Å².